The SMILES string of the molecule is Fc1cccc(-c2nc3cc[n+](Cc4ccc(-c5ccccc5)cc4)cc3[nH]2)c1F. The third kappa shape index (κ3) is 3.46. The van der Waals surface area contributed by atoms with Crippen LogP contribution in [0.25, 0.3) is 33.5 Å². The third-order valence-electron chi connectivity index (χ3n) is 5.11. The number of imidazole rings is 1. The van der Waals surface area contributed by atoms with E-state index in [1.165, 1.54) is 23.3 Å². The third-order valence-corrected chi connectivity index (χ3v) is 5.11. The highest BCUT2D eigenvalue weighted by atomic mass is 19.2. The van der Waals surface area contributed by atoms with Crippen molar-refractivity contribution < 1.29 is 13.3 Å². The van der Waals surface area contributed by atoms with Crippen molar-refractivity contribution in [3.63, 3.8) is 0 Å². The van der Waals surface area contributed by atoms with E-state index in [-0.39, 0.29) is 5.56 Å². The van der Waals surface area contributed by atoms with Crippen LogP contribution in [0.5, 0.6) is 0 Å². The zero-order valence-corrected chi connectivity index (χ0v) is 16.0. The van der Waals surface area contributed by atoms with Gasteiger partial charge in [-0.3, -0.25) is 0 Å². The number of benzene rings is 3. The Morgan fingerprint density at radius 3 is 2.37 bits per heavy atom. The zero-order chi connectivity index (χ0) is 20.5. The van der Waals surface area contributed by atoms with Gasteiger partial charge in [-0.15, -0.1) is 0 Å². The van der Waals surface area contributed by atoms with Crippen molar-refractivity contribution in [1.29, 1.82) is 0 Å². The molecule has 0 saturated heterocycles. The molecule has 0 radical (unpaired) electrons. The van der Waals surface area contributed by atoms with Crippen LogP contribution >= 0.6 is 0 Å². The minimum atomic E-state index is -0.900. The number of aromatic amines is 1. The van der Waals surface area contributed by atoms with Gasteiger partial charge < -0.3 is 4.98 Å². The summed E-state index contributed by atoms with van der Waals surface area (Å²) in [6, 6.07) is 24.7. The molecule has 30 heavy (non-hydrogen) atoms. The van der Waals surface area contributed by atoms with Crippen LogP contribution < -0.4 is 4.57 Å². The molecule has 2 heterocycles. The molecule has 5 rings (SSSR count). The van der Waals surface area contributed by atoms with Crippen molar-refractivity contribution in [2.45, 2.75) is 6.54 Å². The number of nitrogens with zero attached hydrogens (tertiary/aromatic N) is 2. The van der Waals surface area contributed by atoms with E-state index in [4.69, 9.17) is 0 Å². The number of hydrogen-bond donors (Lipinski definition) is 1. The van der Waals surface area contributed by atoms with Gasteiger partial charge in [-0.25, -0.2) is 13.8 Å². The topological polar surface area (TPSA) is 32.6 Å². The molecule has 3 nitrogen and oxygen atoms in total. The van der Waals surface area contributed by atoms with E-state index in [2.05, 4.69) is 46.4 Å². The Balaban J connectivity index is 1.41. The maximum absolute atomic E-state index is 14.1. The standard InChI is InChI=1S/C25H17F2N3/c26-21-8-4-7-20(24(21)27)25-28-22-13-14-30(16-23(22)29-25)15-17-9-11-19(12-10-17)18-5-2-1-3-6-18/h1-14,16H,15H2/p+1. The predicted octanol–water partition coefficient (Wildman–Crippen LogP) is 5.51. The van der Waals surface area contributed by atoms with Gasteiger partial charge in [0.1, 0.15) is 16.9 Å². The highest BCUT2D eigenvalue weighted by molar-refractivity contribution is 5.77. The monoisotopic (exact) mass is 398 g/mol. The fourth-order valence-corrected chi connectivity index (χ4v) is 3.56. The van der Waals surface area contributed by atoms with E-state index in [1.807, 2.05) is 41.2 Å². The molecule has 0 aliphatic rings. The van der Waals surface area contributed by atoms with Crippen molar-refractivity contribution in [3.05, 3.63) is 108 Å². The summed E-state index contributed by atoms with van der Waals surface area (Å²) >= 11 is 0. The van der Waals surface area contributed by atoms with Gasteiger partial charge in [0.05, 0.1) is 5.56 Å². The van der Waals surface area contributed by atoms with E-state index in [9.17, 15) is 8.78 Å². The van der Waals surface area contributed by atoms with Gasteiger partial charge >= 0.3 is 0 Å². The van der Waals surface area contributed by atoms with Gasteiger partial charge in [-0.2, -0.15) is 4.57 Å². The summed E-state index contributed by atoms with van der Waals surface area (Å²) in [5.41, 5.74) is 5.11. The number of aromatic nitrogens is 3. The maximum Gasteiger partial charge on any atom is 0.195 e. The quantitative estimate of drug-likeness (QED) is 0.398. The Morgan fingerprint density at radius 1 is 0.800 bits per heavy atom. The molecule has 0 spiro atoms. The molecule has 2 aromatic heterocycles. The fourth-order valence-electron chi connectivity index (χ4n) is 3.56. The minimum Gasteiger partial charge on any atom is -0.333 e. The van der Waals surface area contributed by atoms with E-state index >= 15 is 0 Å². The highest BCUT2D eigenvalue weighted by Gasteiger charge is 2.15. The summed E-state index contributed by atoms with van der Waals surface area (Å²) in [5, 5.41) is 0. The summed E-state index contributed by atoms with van der Waals surface area (Å²) < 4.78 is 29.7. The van der Waals surface area contributed by atoms with Crippen LogP contribution in [0.2, 0.25) is 0 Å². The van der Waals surface area contributed by atoms with Crippen LogP contribution in [-0.4, -0.2) is 9.97 Å². The van der Waals surface area contributed by atoms with Crippen LogP contribution in [0.3, 0.4) is 0 Å². The molecule has 0 aliphatic carbocycles. The van der Waals surface area contributed by atoms with Gasteiger partial charge in [0, 0.05) is 11.6 Å². The fraction of sp³-hybridized carbons (Fsp3) is 0.0400. The van der Waals surface area contributed by atoms with Gasteiger partial charge in [0.15, 0.2) is 30.6 Å². The van der Waals surface area contributed by atoms with Gasteiger partial charge in [-0.05, 0) is 23.3 Å². The molecule has 0 aliphatic heterocycles. The molecule has 0 amide bonds. The average Bonchev–Trinajstić information content (AvgIpc) is 3.20. The number of H-pyrrole nitrogens is 1. The molecular formula is C25H18F2N3+. The second-order valence-corrected chi connectivity index (χ2v) is 7.17. The summed E-state index contributed by atoms with van der Waals surface area (Å²) in [4.78, 5) is 7.50. The maximum atomic E-state index is 14.1. The van der Waals surface area contributed by atoms with Crippen LogP contribution in [0.4, 0.5) is 8.78 Å². The predicted molar refractivity (Wildman–Crippen MR) is 113 cm³/mol. The van der Waals surface area contributed by atoms with E-state index in [0.29, 0.717) is 17.9 Å². The summed E-state index contributed by atoms with van der Waals surface area (Å²) in [5.74, 6) is -1.48. The Labute approximate surface area is 172 Å². The molecule has 146 valence electrons. The number of hydrogen-bond acceptors (Lipinski definition) is 1. The number of pyridine rings is 1. The lowest BCUT2D eigenvalue weighted by Crippen LogP contribution is -2.33. The van der Waals surface area contributed by atoms with E-state index < -0.39 is 11.6 Å². The van der Waals surface area contributed by atoms with Crippen molar-refractivity contribution >= 4 is 11.0 Å². The number of halogens is 2. The first kappa shape index (κ1) is 18.2. The van der Waals surface area contributed by atoms with Crippen molar-refractivity contribution in [2.75, 3.05) is 0 Å². The summed E-state index contributed by atoms with van der Waals surface area (Å²) in [6.45, 7) is 0.688. The van der Waals surface area contributed by atoms with Crippen molar-refractivity contribution in [3.8, 4) is 22.5 Å². The van der Waals surface area contributed by atoms with Crippen LogP contribution in [0.15, 0.2) is 91.3 Å². The van der Waals surface area contributed by atoms with Gasteiger partial charge in [0.2, 0.25) is 0 Å². The zero-order valence-electron chi connectivity index (χ0n) is 16.0. The second kappa shape index (κ2) is 7.52. The molecule has 0 bridgehead atoms. The summed E-state index contributed by atoms with van der Waals surface area (Å²) in [7, 11) is 0. The molecule has 0 unspecified atom stereocenters. The molecule has 0 atom stereocenters. The Kier molecular flexibility index (Phi) is 4.56. The lowest BCUT2D eigenvalue weighted by Gasteiger charge is -2.03. The molecule has 0 saturated carbocycles. The van der Waals surface area contributed by atoms with Gasteiger partial charge in [-0.1, -0.05) is 60.7 Å². The van der Waals surface area contributed by atoms with Crippen LogP contribution in [0.1, 0.15) is 5.56 Å². The molecular weight excluding hydrogens is 380 g/mol. The number of fused-ring (bicyclic) bond motifs is 1. The van der Waals surface area contributed by atoms with Crippen LogP contribution in [-0.2, 0) is 6.54 Å². The van der Waals surface area contributed by atoms with Gasteiger partial charge in [0.25, 0.3) is 0 Å². The minimum absolute atomic E-state index is 0.120. The smallest absolute Gasteiger partial charge is 0.195 e. The van der Waals surface area contributed by atoms with Crippen molar-refractivity contribution in [1.82, 2.24) is 9.97 Å². The van der Waals surface area contributed by atoms with E-state index in [1.54, 1.807) is 0 Å². The lowest BCUT2D eigenvalue weighted by atomic mass is 10.0. The second-order valence-electron chi connectivity index (χ2n) is 7.17. The largest absolute Gasteiger partial charge is 0.333 e. The van der Waals surface area contributed by atoms with E-state index in [0.717, 1.165) is 17.1 Å². The molecule has 1 N–H and O–H groups in total. The summed E-state index contributed by atoms with van der Waals surface area (Å²) in [6.07, 6.45) is 3.86. The van der Waals surface area contributed by atoms with Crippen LogP contribution in [0, 0.1) is 11.6 Å². The first-order chi connectivity index (χ1) is 14.7. The first-order valence-electron chi connectivity index (χ1n) is 9.65. The van der Waals surface area contributed by atoms with Crippen molar-refractivity contribution in [2.24, 2.45) is 0 Å². The molecule has 3 aromatic carbocycles. The number of nitrogens with one attached hydrogen (secondary N) is 1. The highest BCUT2D eigenvalue weighted by Crippen LogP contribution is 2.24. The molecule has 5 aromatic rings. The number of rotatable bonds is 4. The Morgan fingerprint density at radius 2 is 1.57 bits per heavy atom. The average molecular weight is 398 g/mol. The Bertz CT molecular complexity index is 1330. The normalized spacial score (nSPS) is 11.1. The first-order valence-corrected chi connectivity index (χ1v) is 9.65. The Hall–Kier alpha value is -3.86. The molecule has 0 fully saturated rings. The molecule has 5 heteroatoms. The lowest BCUT2D eigenvalue weighted by molar-refractivity contribution is -0.687.